The highest BCUT2D eigenvalue weighted by Crippen LogP contribution is 2.28. The molecule has 0 saturated heterocycles. The van der Waals surface area contributed by atoms with Gasteiger partial charge >= 0.3 is 0 Å². The third-order valence-corrected chi connectivity index (χ3v) is 5.32. The second kappa shape index (κ2) is 8.95. The maximum absolute atomic E-state index is 12.9. The number of hydrogen-bond acceptors (Lipinski definition) is 5. The van der Waals surface area contributed by atoms with Crippen LogP contribution in [0.1, 0.15) is 55.2 Å². The molecule has 1 fully saturated rings. The third-order valence-electron chi connectivity index (χ3n) is 4.52. The van der Waals surface area contributed by atoms with Gasteiger partial charge in [-0.3, -0.25) is 14.4 Å². The SMILES string of the molecule is Cc1ccc(C(=O)N(CC(=O)Nc2nc(CC(=O)NC(C)(C)C)cs2)C2CC2)cc1. The molecule has 1 aliphatic rings. The first-order valence-corrected chi connectivity index (χ1v) is 10.9. The number of thiazole rings is 1. The number of hydrogen-bond donors (Lipinski definition) is 2. The monoisotopic (exact) mass is 428 g/mol. The fourth-order valence-corrected chi connectivity index (χ4v) is 3.73. The van der Waals surface area contributed by atoms with E-state index in [-0.39, 0.29) is 42.3 Å². The quantitative estimate of drug-likeness (QED) is 0.709. The summed E-state index contributed by atoms with van der Waals surface area (Å²) < 4.78 is 0. The van der Waals surface area contributed by atoms with Gasteiger partial charge in [-0.15, -0.1) is 11.3 Å². The first-order valence-electron chi connectivity index (χ1n) is 10.0. The highest BCUT2D eigenvalue weighted by atomic mass is 32.1. The number of nitrogens with zero attached hydrogens (tertiary/aromatic N) is 2. The smallest absolute Gasteiger partial charge is 0.254 e. The first-order chi connectivity index (χ1) is 14.1. The van der Waals surface area contributed by atoms with E-state index in [9.17, 15) is 14.4 Å². The van der Waals surface area contributed by atoms with E-state index in [4.69, 9.17) is 0 Å². The van der Waals surface area contributed by atoms with Gasteiger partial charge in [0.2, 0.25) is 11.8 Å². The van der Waals surface area contributed by atoms with Crippen molar-refractivity contribution in [3.63, 3.8) is 0 Å². The topological polar surface area (TPSA) is 91.4 Å². The van der Waals surface area contributed by atoms with Crippen LogP contribution in [0.4, 0.5) is 5.13 Å². The molecule has 0 atom stereocenters. The first kappa shape index (κ1) is 22.0. The molecule has 0 bridgehead atoms. The molecule has 1 saturated carbocycles. The number of benzene rings is 1. The lowest BCUT2D eigenvalue weighted by Gasteiger charge is -2.21. The Morgan fingerprint density at radius 3 is 2.40 bits per heavy atom. The van der Waals surface area contributed by atoms with Crippen molar-refractivity contribution in [1.29, 1.82) is 0 Å². The second-order valence-corrected chi connectivity index (χ2v) is 9.56. The van der Waals surface area contributed by atoms with E-state index in [1.54, 1.807) is 22.4 Å². The molecule has 2 N–H and O–H groups in total. The molecule has 1 aliphatic carbocycles. The van der Waals surface area contributed by atoms with Crippen LogP contribution in [0.15, 0.2) is 29.6 Å². The lowest BCUT2D eigenvalue weighted by Crippen LogP contribution is -2.41. The van der Waals surface area contributed by atoms with E-state index >= 15 is 0 Å². The fourth-order valence-electron chi connectivity index (χ4n) is 3.00. The molecule has 30 heavy (non-hydrogen) atoms. The summed E-state index contributed by atoms with van der Waals surface area (Å²) in [6.07, 6.45) is 1.98. The van der Waals surface area contributed by atoms with E-state index in [1.165, 1.54) is 11.3 Å². The Morgan fingerprint density at radius 1 is 1.13 bits per heavy atom. The maximum atomic E-state index is 12.9. The van der Waals surface area contributed by atoms with Gasteiger partial charge in [-0.25, -0.2) is 4.98 Å². The molecular weight excluding hydrogens is 400 g/mol. The lowest BCUT2D eigenvalue weighted by molar-refractivity contribution is -0.121. The normalized spacial score (nSPS) is 13.6. The van der Waals surface area contributed by atoms with Gasteiger partial charge in [0, 0.05) is 22.5 Å². The fraction of sp³-hybridized carbons (Fsp3) is 0.455. The minimum Gasteiger partial charge on any atom is -0.351 e. The van der Waals surface area contributed by atoms with Crippen LogP contribution in [-0.2, 0) is 16.0 Å². The molecular formula is C22H28N4O3S. The minimum absolute atomic E-state index is 0.0171. The summed E-state index contributed by atoms with van der Waals surface area (Å²) in [4.78, 5) is 43.4. The van der Waals surface area contributed by atoms with Crippen LogP contribution in [0.25, 0.3) is 0 Å². The molecule has 0 spiro atoms. The standard InChI is InChI=1S/C22H28N4O3S/c1-14-5-7-15(8-6-14)20(29)26(17-9-10-17)12-19(28)24-21-23-16(13-30-21)11-18(27)25-22(2,3)4/h5-8,13,17H,9-12H2,1-4H3,(H,25,27)(H,23,24,28). The summed E-state index contributed by atoms with van der Waals surface area (Å²) in [5, 5.41) is 7.83. The number of aryl methyl sites for hydroxylation is 1. The molecule has 0 radical (unpaired) electrons. The Hall–Kier alpha value is -2.74. The van der Waals surface area contributed by atoms with Crippen LogP contribution in [0.2, 0.25) is 0 Å². The van der Waals surface area contributed by atoms with E-state index < -0.39 is 0 Å². The van der Waals surface area contributed by atoms with Crippen molar-refractivity contribution in [3.8, 4) is 0 Å². The molecule has 7 nitrogen and oxygen atoms in total. The van der Waals surface area contributed by atoms with Crippen molar-refractivity contribution in [3.05, 3.63) is 46.5 Å². The Balaban J connectivity index is 1.57. The van der Waals surface area contributed by atoms with Crippen molar-refractivity contribution >= 4 is 34.2 Å². The molecule has 1 heterocycles. The van der Waals surface area contributed by atoms with Gasteiger partial charge in [-0.05, 0) is 52.7 Å². The highest BCUT2D eigenvalue weighted by Gasteiger charge is 2.34. The van der Waals surface area contributed by atoms with E-state index in [0.29, 0.717) is 16.4 Å². The summed E-state index contributed by atoms with van der Waals surface area (Å²) in [6.45, 7) is 7.70. The zero-order chi connectivity index (χ0) is 21.9. The Labute approximate surface area is 180 Å². The maximum Gasteiger partial charge on any atom is 0.254 e. The second-order valence-electron chi connectivity index (χ2n) is 8.70. The highest BCUT2D eigenvalue weighted by molar-refractivity contribution is 7.13. The van der Waals surface area contributed by atoms with Crippen molar-refractivity contribution < 1.29 is 14.4 Å². The molecule has 2 aromatic rings. The Kier molecular flexibility index (Phi) is 6.55. The summed E-state index contributed by atoms with van der Waals surface area (Å²) in [6, 6.07) is 7.48. The van der Waals surface area contributed by atoms with Gasteiger partial charge in [0.05, 0.1) is 12.1 Å². The van der Waals surface area contributed by atoms with Gasteiger partial charge in [-0.2, -0.15) is 0 Å². The lowest BCUT2D eigenvalue weighted by atomic mass is 10.1. The predicted molar refractivity (Wildman–Crippen MR) is 118 cm³/mol. The largest absolute Gasteiger partial charge is 0.351 e. The Bertz CT molecular complexity index is 927. The van der Waals surface area contributed by atoms with Crippen LogP contribution in [0, 0.1) is 6.92 Å². The van der Waals surface area contributed by atoms with Crippen LogP contribution in [-0.4, -0.2) is 45.7 Å². The summed E-state index contributed by atoms with van der Waals surface area (Å²) in [5.41, 5.74) is 1.96. The summed E-state index contributed by atoms with van der Waals surface area (Å²) in [7, 11) is 0. The number of amides is 3. The van der Waals surface area contributed by atoms with Crippen LogP contribution in [0.5, 0.6) is 0 Å². The zero-order valence-electron chi connectivity index (χ0n) is 17.8. The molecule has 1 aromatic carbocycles. The van der Waals surface area contributed by atoms with Crippen molar-refractivity contribution in [2.24, 2.45) is 0 Å². The predicted octanol–water partition coefficient (Wildman–Crippen LogP) is 3.15. The van der Waals surface area contributed by atoms with Crippen molar-refractivity contribution in [1.82, 2.24) is 15.2 Å². The number of rotatable bonds is 7. The van der Waals surface area contributed by atoms with Gasteiger partial charge in [0.1, 0.15) is 6.54 Å². The van der Waals surface area contributed by atoms with Crippen molar-refractivity contribution in [2.45, 2.75) is 58.5 Å². The number of aromatic nitrogens is 1. The van der Waals surface area contributed by atoms with Gasteiger partial charge in [0.25, 0.3) is 5.91 Å². The molecule has 0 unspecified atom stereocenters. The average Bonchev–Trinajstić information content (AvgIpc) is 3.39. The summed E-state index contributed by atoms with van der Waals surface area (Å²) in [5.74, 6) is -0.539. The van der Waals surface area contributed by atoms with Crippen LogP contribution < -0.4 is 10.6 Å². The molecule has 0 aliphatic heterocycles. The van der Waals surface area contributed by atoms with Gasteiger partial charge in [0.15, 0.2) is 5.13 Å². The minimum atomic E-state index is -0.305. The number of carbonyl (C=O) groups is 3. The molecule has 3 amide bonds. The molecule has 160 valence electrons. The number of carbonyl (C=O) groups excluding carboxylic acids is 3. The summed E-state index contributed by atoms with van der Waals surface area (Å²) >= 11 is 1.27. The van der Waals surface area contributed by atoms with Crippen molar-refractivity contribution in [2.75, 3.05) is 11.9 Å². The molecule has 3 rings (SSSR count). The number of anilines is 1. The number of nitrogens with one attached hydrogen (secondary N) is 2. The van der Waals surface area contributed by atoms with E-state index in [0.717, 1.165) is 18.4 Å². The van der Waals surface area contributed by atoms with E-state index in [2.05, 4.69) is 15.6 Å². The Morgan fingerprint density at radius 2 is 1.80 bits per heavy atom. The molecule has 1 aromatic heterocycles. The van der Waals surface area contributed by atoms with Crippen LogP contribution in [0.3, 0.4) is 0 Å². The average molecular weight is 429 g/mol. The zero-order valence-corrected chi connectivity index (χ0v) is 18.6. The molecule has 8 heteroatoms. The van der Waals surface area contributed by atoms with Gasteiger partial charge < -0.3 is 15.5 Å². The van der Waals surface area contributed by atoms with E-state index in [1.807, 2.05) is 39.8 Å². The van der Waals surface area contributed by atoms with Crippen LogP contribution >= 0.6 is 11.3 Å². The van der Waals surface area contributed by atoms with Gasteiger partial charge in [-0.1, -0.05) is 17.7 Å². The third kappa shape index (κ3) is 6.38.